The maximum Gasteiger partial charge on any atom is 0.304 e. The quantitative estimate of drug-likeness (QED) is 0.0414. The summed E-state index contributed by atoms with van der Waals surface area (Å²) in [7, 11) is 0. The normalized spacial score (nSPS) is 11.0. The summed E-state index contributed by atoms with van der Waals surface area (Å²) >= 11 is 13.1. The topological polar surface area (TPSA) is 229 Å². The van der Waals surface area contributed by atoms with Crippen molar-refractivity contribution in [2.45, 2.75) is 146 Å². The molecule has 444 valence electrons. The molecular weight excluding hydrogens is 1300 g/mol. The van der Waals surface area contributed by atoms with E-state index >= 15 is 0 Å². The SMILES string of the molecule is C.C.C.C.CC(C)(O)CCc1cc(Br)ccc1N.CC(C)(O)CCc1cc(Br)ccc1[N+](=O)[O-].CC(C)(O)Cn1cnc2ccc(-c3ccc(F)cc3)cc21.CC(C)(O)Cn1cnc2ccc(Br)cc21.O=[N+]([O-])c1ccc(Br)cc1F. The van der Waals surface area contributed by atoms with E-state index in [2.05, 4.69) is 73.7 Å². The first kappa shape index (κ1) is 75.5. The summed E-state index contributed by atoms with van der Waals surface area (Å²) in [4.78, 5) is 28.3. The minimum absolute atomic E-state index is 0. The molecule has 2 heterocycles. The number of hydrogen-bond acceptors (Lipinski definition) is 11. The fourth-order valence-electron chi connectivity index (χ4n) is 7.23. The fraction of sp³-hybridized carbons (Fsp3) is 0.367. The van der Waals surface area contributed by atoms with Crippen molar-refractivity contribution in [3.05, 3.63) is 189 Å². The van der Waals surface area contributed by atoms with Crippen molar-refractivity contribution < 1.29 is 39.1 Å². The van der Waals surface area contributed by atoms with Crippen molar-refractivity contribution in [3.8, 4) is 11.1 Å². The Kier molecular flexibility index (Phi) is 30.7. The van der Waals surface area contributed by atoms with Crippen molar-refractivity contribution in [1.29, 1.82) is 0 Å². The Hall–Kier alpha value is -5.52. The molecule has 0 spiro atoms. The first-order valence-electron chi connectivity index (χ1n) is 23.9. The third-order valence-electron chi connectivity index (χ3n) is 11.0. The molecule has 8 rings (SSSR count). The smallest absolute Gasteiger partial charge is 0.304 e. The highest BCUT2D eigenvalue weighted by atomic mass is 79.9. The van der Waals surface area contributed by atoms with Crippen molar-refractivity contribution >= 4 is 103 Å². The summed E-state index contributed by atoms with van der Waals surface area (Å²) in [5.74, 6) is -1.07. The molecule has 0 fully saturated rings. The summed E-state index contributed by atoms with van der Waals surface area (Å²) in [6, 6.07) is 32.5. The summed E-state index contributed by atoms with van der Waals surface area (Å²) in [5.41, 5.74) is 10.7. The number of nitro groups is 2. The number of nitro benzene ring substituents is 2. The van der Waals surface area contributed by atoms with Crippen LogP contribution >= 0.6 is 63.7 Å². The van der Waals surface area contributed by atoms with E-state index in [4.69, 9.17) is 5.73 Å². The summed E-state index contributed by atoms with van der Waals surface area (Å²) in [6.45, 7) is 15.1. The number of aliphatic hydroxyl groups is 4. The van der Waals surface area contributed by atoms with Crippen molar-refractivity contribution in [2.75, 3.05) is 5.73 Å². The molecule has 81 heavy (non-hydrogen) atoms. The van der Waals surface area contributed by atoms with Crippen molar-refractivity contribution in [3.63, 3.8) is 0 Å². The molecule has 2 aromatic heterocycles. The number of imidazole rings is 2. The molecule has 6 aromatic carbocycles. The molecule has 0 bridgehead atoms. The van der Waals surface area contributed by atoms with Crippen LogP contribution in [0.25, 0.3) is 33.2 Å². The van der Waals surface area contributed by atoms with Crippen LogP contribution in [0, 0.1) is 31.9 Å². The van der Waals surface area contributed by atoms with Gasteiger partial charge in [0.25, 0.3) is 5.69 Å². The zero-order valence-corrected chi connectivity index (χ0v) is 50.2. The summed E-state index contributed by atoms with van der Waals surface area (Å²) in [6.07, 6.45) is 5.98. The Balaban J connectivity index is 0.000000990. The maximum atomic E-state index is 13.0. The zero-order chi connectivity index (χ0) is 57.6. The number of halogens is 6. The first-order valence-corrected chi connectivity index (χ1v) is 27.1. The van der Waals surface area contributed by atoms with E-state index in [1.807, 2.05) is 63.7 Å². The largest absolute Gasteiger partial charge is 0.399 e. The van der Waals surface area contributed by atoms with E-state index in [0.29, 0.717) is 42.4 Å². The molecule has 8 aromatic rings. The average molecular weight is 1380 g/mol. The number of rotatable bonds is 13. The lowest BCUT2D eigenvalue weighted by Crippen LogP contribution is -2.25. The third kappa shape index (κ3) is 26.5. The van der Waals surface area contributed by atoms with Crippen LogP contribution < -0.4 is 5.73 Å². The van der Waals surface area contributed by atoms with Gasteiger partial charge in [0.2, 0.25) is 5.82 Å². The molecule has 0 saturated heterocycles. The summed E-state index contributed by atoms with van der Waals surface area (Å²) in [5, 5.41) is 59.8. The fourth-order valence-corrected chi connectivity index (χ4v) is 8.73. The molecule has 0 aliphatic carbocycles. The van der Waals surface area contributed by atoms with Gasteiger partial charge < -0.3 is 35.3 Å². The molecule has 0 saturated carbocycles. The van der Waals surface area contributed by atoms with Gasteiger partial charge in [-0.3, -0.25) is 20.2 Å². The van der Waals surface area contributed by atoms with Crippen molar-refractivity contribution in [2.24, 2.45) is 0 Å². The highest BCUT2D eigenvalue weighted by Crippen LogP contribution is 2.28. The minimum Gasteiger partial charge on any atom is -0.399 e. The number of aryl methyl sites for hydroxylation is 2. The van der Waals surface area contributed by atoms with Crippen LogP contribution in [0.4, 0.5) is 25.8 Å². The lowest BCUT2D eigenvalue weighted by atomic mass is 9.98. The number of aromatic nitrogens is 4. The second-order valence-corrected chi connectivity index (χ2v) is 24.2. The first-order chi connectivity index (χ1) is 35.7. The molecule has 0 amide bonds. The highest BCUT2D eigenvalue weighted by Gasteiger charge is 2.20. The van der Waals surface area contributed by atoms with E-state index in [1.54, 1.807) is 92.3 Å². The van der Waals surface area contributed by atoms with Gasteiger partial charge in [-0.05, 0) is 183 Å². The molecule has 0 aliphatic rings. The van der Waals surface area contributed by atoms with E-state index in [-0.39, 0.29) is 41.2 Å². The monoisotopic (exact) mass is 1380 g/mol. The molecular formula is C60H79Br4F2N7O8. The van der Waals surface area contributed by atoms with E-state index in [9.17, 15) is 49.4 Å². The predicted molar refractivity (Wildman–Crippen MR) is 341 cm³/mol. The number of nitrogen functional groups attached to an aromatic ring is 1. The van der Waals surface area contributed by atoms with Crippen LogP contribution in [0.1, 0.15) is 109 Å². The molecule has 15 nitrogen and oxygen atoms in total. The van der Waals surface area contributed by atoms with Gasteiger partial charge >= 0.3 is 5.69 Å². The van der Waals surface area contributed by atoms with Gasteiger partial charge in [-0.2, -0.15) is 4.39 Å². The Morgan fingerprint density at radius 2 is 0.889 bits per heavy atom. The van der Waals surface area contributed by atoms with E-state index < -0.39 is 43.8 Å². The van der Waals surface area contributed by atoms with Crippen LogP contribution in [0.2, 0.25) is 0 Å². The minimum atomic E-state index is -0.829. The summed E-state index contributed by atoms with van der Waals surface area (Å²) < 4.78 is 32.9. The molecule has 0 radical (unpaired) electrons. The van der Waals surface area contributed by atoms with Crippen LogP contribution in [0.15, 0.2) is 146 Å². The molecule has 0 aliphatic heterocycles. The molecule has 6 N–H and O–H groups in total. The van der Waals surface area contributed by atoms with Crippen LogP contribution in [-0.2, 0) is 25.9 Å². The Morgan fingerprint density at radius 3 is 1.35 bits per heavy atom. The zero-order valence-electron chi connectivity index (χ0n) is 43.8. The Bertz CT molecular complexity index is 3260. The van der Waals surface area contributed by atoms with Crippen LogP contribution in [-0.4, -0.2) is 71.8 Å². The number of benzene rings is 6. The van der Waals surface area contributed by atoms with Crippen LogP contribution in [0.3, 0.4) is 0 Å². The second kappa shape index (κ2) is 32.9. The van der Waals surface area contributed by atoms with Crippen LogP contribution in [0.5, 0.6) is 0 Å². The maximum absolute atomic E-state index is 13.0. The number of nitrogens with two attached hydrogens (primary N) is 1. The van der Waals surface area contributed by atoms with Crippen molar-refractivity contribution in [1.82, 2.24) is 19.1 Å². The molecule has 0 unspecified atom stereocenters. The lowest BCUT2D eigenvalue weighted by molar-refractivity contribution is -0.387. The Morgan fingerprint density at radius 1 is 0.506 bits per heavy atom. The third-order valence-corrected chi connectivity index (χ3v) is 12.9. The average Bonchev–Trinajstić information content (AvgIpc) is 3.89. The van der Waals surface area contributed by atoms with Gasteiger partial charge in [-0.25, -0.2) is 14.4 Å². The lowest BCUT2D eigenvalue weighted by Gasteiger charge is -2.18. The van der Waals surface area contributed by atoms with Gasteiger partial charge in [0.05, 0.1) is 80.1 Å². The van der Waals surface area contributed by atoms with Gasteiger partial charge in [-0.1, -0.05) is 112 Å². The molecule has 21 heteroatoms. The van der Waals surface area contributed by atoms with E-state index in [1.165, 1.54) is 24.3 Å². The molecule has 0 atom stereocenters. The number of hydrogen-bond donors (Lipinski definition) is 5. The number of anilines is 1. The second-order valence-electron chi connectivity index (χ2n) is 20.6. The van der Waals surface area contributed by atoms with Gasteiger partial charge in [-0.15, -0.1) is 0 Å². The number of nitrogens with zero attached hydrogens (tertiary/aromatic N) is 6. The van der Waals surface area contributed by atoms with Gasteiger partial charge in [0, 0.05) is 41.3 Å². The van der Waals surface area contributed by atoms with Gasteiger partial charge in [0.1, 0.15) is 5.82 Å². The van der Waals surface area contributed by atoms with Gasteiger partial charge in [0.15, 0.2) is 0 Å². The predicted octanol–water partition coefficient (Wildman–Crippen LogP) is 17.0. The van der Waals surface area contributed by atoms with E-state index in [0.717, 1.165) is 76.4 Å². The highest BCUT2D eigenvalue weighted by molar-refractivity contribution is 9.11. The standard InChI is InChI=1S/C17H17FN2O.C11H13BrN2O.C11H14BrNO3.C11H16BrNO.C6H3BrFNO2.4CH4/c1-17(2,21)10-20-11-19-15-8-5-13(9-16(15)20)12-3-6-14(18)7-4-12;1-11(2,15)6-14-7-13-9-4-3-8(12)5-10(9)14;1-11(2,14)6-5-8-7-9(12)3-4-10(8)13(15)16;1-11(2,14)6-5-8-7-9(12)3-4-10(8)13;7-4-1-2-6(9(10)11)5(8)3-4;;;;/h3-9,11,21H,10H2,1-2H3;3-5,7,15H,6H2,1-2H3;3-4,7,14H,5-6H2,1-2H3;3-4,7,14H,5-6,13H2,1-2H3;1-3H;4*1H4. The Labute approximate surface area is 509 Å². The number of fused-ring (bicyclic) bond motifs is 2.